The van der Waals surface area contributed by atoms with Crippen LogP contribution in [0.4, 0.5) is 11.5 Å². The molecular formula is C23H23N7. The molecule has 0 aliphatic carbocycles. The second-order valence-electron chi connectivity index (χ2n) is 7.48. The highest BCUT2D eigenvalue weighted by atomic mass is 15.3. The van der Waals surface area contributed by atoms with Gasteiger partial charge in [0.2, 0.25) is 0 Å². The van der Waals surface area contributed by atoms with Gasteiger partial charge in [-0.2, -0.15) is 0 Å². The molecule has 7 heteroatoms. The van der Waals surface area contributed by atoms with Crippen LogP contribution in [-0.2, 0) is 6.54 Å². The van der Waals surface area contributed by atoms with Gasteiger partial charge in [-0.05, 0) is 37.1 Å². The molecule has 5 rings (SSSR count). The molecule has 3 heterocycles. The van der Waals surface area contributed by atoms with E-state index in [4.69, 9.17) is 4.99 Å². The highest BCUT2D eigenvalue weighted by molar-refractivity contribution is 5.82. The highest BCUT2D eigenvalue weighted by Gasteiger charge is 2.23. The largest absolute Gasteiger partial charge is 0.371 e. The van der Waals surface area contributed by atoms with Gasteiger partial charge in [-0.25, -0.2) is 15.0 Å². The van der Waals surface area contributed by atoms with Crippen LogP contribution in [-0.4, -0.2) is 32.7 Å². The number of fused-ring (bicyclic) bond motifs is 2. The van der Waals surface area contributed by atoms with Crippen LogP contribution in [0.2, 0.25) is 0 Å². The van der Waals surface area contributed by atoms with E-state index in [2.05, 4.69) is 87.7 Å². The van der Waals surface area contributed by atoms with Gasteiger partial charge in [-0.1, -0.05) is 30.3 Å². The summed E-state index contributed by atoms with van der Waals surface area (Å²) in [5.74, 6) is 0.725. The Morgan fingerprint density at radius 3 is 2.63 bits per heavy atom. The first-order valence-corrected chi connectivity index (χ1v) is 9.98. The van der Waals surface area contributed by atoms with Gasteiger partial charge < -0.3 is 14.8 Å². The number of aromatic nitrogens is 4. The van der Waals surface area contributed by atoms with Gasteiger partial charge in [0, 0.05) is 24.2 Å². The van der Waals surface area contributed by atoms with Crippen molar-refractivity contribution in [2.75, 3.05) is 17.3 Å². The number of aryl methyl sites for hydroxylation is 2. The molecule has 2 aromatic carbocycles. The smallest absolute Gasteiger partial charge is 0.165 e. The highest BCUT2D eigenvalue weighted by Crippen LogP contribution is 2.25. The van der Waals surface area contributed by atoms with Gasteiger partial charge in [0.25, 0.3) is 0 Å². The molecular weight excluding hydrogens is 374 g/mol. The molecule has 7 nitrogen and oxygen atoms in total. The third-order valence-corrected chi connectivity index (χ3v) is 5.57. The topological polar surface area (TPSA) is 71.2 Å². The maximum Gasteiger partial charge on any atom is 0.165 e. The minimum atomic E-state index is -0.120. The Labute approximate surface area is 174 Å². The Morgan fingerprint density at radius 1 is 0.967 bits per heavy atom. The average Bonchev–Trinajstić information content (AvgIpc) is 3.17. The molecule has 1 unspecified atom stereocenters. The van der Waals surface area contributed by atoms with Crippen LogP contribution < -0.4 is 20.8 Å². The summed E-state index contributed by atoms with van der Waals surface area (Å²) in [7, 11) is 1.84. The fourth-order valence-corrected chi connectivity index (χ4v) is 3.98. The van der Waals surface area contributed by atoms with Crippen LogP contribution in [0.5, 0.6) is 0 Å². The molecule has 0 bridgehead atoms. The van der Waals surface area contributed by atoms with Crippen LogP contribution in [0, 0.1) is 13.8 Å². The summed E-state index contributed by atoms with van der Waals surface area (Å²) in [6.07, 6.45) is 5.48. The van der Waals surface area contributed by atoms with Gasteiger partial charge in [-0.3, -0.25) is 4.99 Å². The minimum Gasteiger partial charge on any atom is -0.371 e. The van der Waals surface area contributed by atoms with Crippen molar-refractivity contribution in [2.24, 2.45) is 4.99 Å². The van der Waals surface area contributed by atoms with Crippen molar-refractivity contribution in [3.8, 4) is 0 Å². The van der Waals surface area contributed by atoms with E-state index in [-0.39, 0.29) is 6.17 Å². The lowest BCUT2D eigenvalue weighted by atomic mass is 10.1. The number of nitrogens with one attached hydrogen (secondary N) is 1. The Bertz CT molecular complexity index is 1360. The number of imidazole rings is 1. The quantitative estimate of drug-likeness (QED) is 0.573. The van der Waals surface area contributed by atoms with E-state index in [1.54, 1.807) is 6.33 Å². The summed E-state index contributed by atoms with van der Waals surface area (Å²) in [6.45, 7) is 4.88. The summed E-state index contributed by atoms with van der Waals surface area (Å²) < 4.78 is 2.05. The van der Waals surface area contributed by atoms with Gasteiger partial charge in [0.15, 0.2) is 11.5 Å². The number of hydrogen-bond donors (Lipinski definition) is 1. The van der Waals surface area contributed by atoms with Crippen LogP contribution in [0.3, 0.4) is 0 Å². The van der Waals surface area contributed by atoms with E-state index >= 15 is 0 Å². The Kier molecular flexibility index (Phi) is 4.43. The summed E-state index contributed by atoms with van der Waals surface area (Å²) in [5.41, 5.74) is 5.13. The van der Waals surface area contributed by atoms with Crippen LogP contribution in [0.15, 0.2) is 60.1 Å². The minimum absolute atomic E-state index is 0.120. The number of nitrogens with zero attached hydrogens (tertiary/aromatic N) is 6. The molecule has 2 aromatic heterocycles. The third-order valence-electron chi connectivity index (χ3n) is 5.57. The molecule has 4 aromatic rings. The molecule has 1 aliphatic rings. The number of anilines is 2. The van der Waals surface area contributed by atoms with Gasteiger partial charge in [-0.15, -0.1) is 0 Å². The fourth-order valence-electron chi connectivity index (χ4n) is 3.98. The van der Waals surface area contributed by atoms with E-state index in [0.717, 1.165) is 33.2 Å². The maximum absolute atomic E-state index is 5.12. The number of benzene rings is 2. The Morgan fingerprint density at radius 2 is 1.80 bits per heavy atom. The first-order chi connectivity index (χ1) is 14.7. The molecule has 0 saturated heterocycles. The number of hydrogen-bond acceptors (Lipinski definition) is 6. The molecule has 150 valence electrons. The summed E-state index contributed by atoms with van der Waals surface area (Å²) in [4.78, 5) is 20.6. The van der Waals surface area contributed by atoms with E-state index in [1.165, 1.54) is 11.1 Å². The zero-order valence-electron chi connectivity index (χ0n) is 17.2. The molecule has 30 heavy (non-hydrogen) atoms. The predicted molar refractivity (Wildman–Crippen MR) is 119 cm³/mol. The molecule has 0 amide bonds. The van der Waals surface area contributed by atoms with Crippen LogP contribution in [0.25, 0.3) is 17.4 Å². The van der Waals surface area contributed by atoms with Crippen molar-refractivity contribution >= 4 is 28.9 Å². The van der Waals surface area contributed by atoms with Crippen molar-refractivity contribution in [3.63, 3.8) is 0 Å². The average molecular weight is 397 g/mol. The van der Waals surface area contributed by atoms with Crippen LogP contribution >= 0.6 is 0 Å². The second kappa shape index (κ2) is 7.26. The molecule has 0 spiro atoms. The van der Waals surface area contributed by atoms with Gasteiger partial charge >= 0.3 is 0 Å². The normalized spacial score (nSPS) is 15.4. The molecule has 1 N–H and O–H groups in total. The summed E-state index contributed by atoms with van der Waals surface area (Å²) in [6, 6.07) is 14.7. The molecule has 0 saturated carbocycles. The third kappa shape index (κ3) is 2.99. The zero-order chi connectivity index (χ0) is 20.7. The lowest BCUT2D eigenvalue weighted by Gasteiger charge is -2.31. The summed E-state index contributed by atoms with van der Waals surface area (Å²) >= 11 is 0. The first-order valence-electron chi connectivity index (χ1n) is 9.98. The predicted octanol–water partition coefficient (Wildman–Crippen LogP) is 2.39. The van der Waals surface area contributed by atoms with E-state index in [9.17, 15) is 0 Å². The van der Waals surface area contributed by atoms with Gasteiger partial charge in [0.05, 0.1) is 18.2 Å². The Hall–Kier alpha value is -3.74. The van der Waals surface area contributed by atoms with E-state index in [0.29, 0.717) is 6.54 Å². The second-order valence-corrected chi connectivity index (χ2v) is 7.48. The number of rotatable bonds is 4. The lowest BCUT2D eigenvalue weighted by molar-refractivity contribution is 0.556. The molecule has 0 radical (unpaired) electrons. The molecule has 1 aliphatic heterocycles. The van der Waals surface area contributed by atoms with E-state index < -0.39 is 0 Å². The monoisotopic (exact) mass is 397 g/mol. The van der Waals surface area contributed by atoms with Gasteiger partial charge in [0.1, 0.15) is 18.0 Å². The van der Waals surface area contributed by atoms with Crippen LogP contribution in [0.1, 0.15) is 11.1 Å². The number of para-hydroxylation sites is 1. The zero-order valence-corrected chi connectivity index (χ0v) is 17.2. The summed E-state index contributed by atoms with van der Waals surface area (Å²) in [5, 5.41) is 5.25. The standard InChI is InChI=1S/C23H23N7/c1-15-8-6-9-18-17(15)11-30(19-10-5-4-7-16(19)2)20(28-18)12-29-14-27-21-22(24-3)25-13-26-23(21)29/h4-11,13-14,20H,12H2,1-3H3,(H,24,25,26). The SMILES string of the molecule is CNc1ncnc2c1ncn2CC1N=c2cccc(C)c2=CN1c1ccccc1C. The Balaban J connectivity index is 1.64. The van der Waals surface area contributed by atoms with Crippen molar-refractivity contribution in [1.29, 1.82) is 0 Å². The van der Waals surface area contributed by atoms with Crippen molar-refractivity contribution < 1.29 is 0 Å². The molecule has 0 fully saturated rings. The fraction of sp³-hybridized carbons (Fsp3) is 0.217. The lowest BCUT2D eigenvalue weighted by Crippen LogP contribution is -2.45. The van der Waals surface area contributed by atoms with E-state index in [1.807, 2.05) is 17.9 Å². The molecule has 1 atom stereocenters. The van der Waals surface area contributed by atoms with Crippen molar-refractivity contribution in [2.45, 2.75) is 26.6 Å². The maximum atomic E-state index is 5.12. The van der Waals surface area contributed by atoms with Crippen molar-refractivity contribution in [3.05, 3.63) is 76.8 Å². The first kappa shape index (κ1) is 18.3. The van der Waals surface area contributed by atoms with Crippen molar-refractivity contribution in [1.82, 2.24) is 19.5 Å².